The molecular formula is C20H21NO6S. The van der Waals surface area contributed by atoms with E-state index < -0.39 is 21.0 Å². The molecule has 1 aliphatic heterocycles. The first kappa shape index (κ1) is 18.7. The van der Waals surface area contributed by atoms with Gasteiger partial charge in [-0.2, -0.15) is 8.42 Å². The van der Waals surface area contributed by atoms with E-state index in [4.69, 9.17) is 18.3 Å². The van der Waals surface area contributed by atoms with Crippen LogP contribution in [0.1, 0.15) is 37.0 Å². The van der Waals surface area contributed by atoms with Crippen molar-refractivity contribution in [3.05, 3.63) is 52.1 Å². The Bertz CT molecular complexity index is 1120. The standard InChI is InChI=1S/C20H21NO6S/c1-25-13-6-7-15-14(11-13)20(9-4-3-5-18(20)21-15)12-17-19(27-28(2,23)24)16(22)8-10-26-17/h6-8,10-11H,3-5,9,12H2,1-2H3. The number of nitrogens with zero attached hydrogens (tertiary/aromatic N) is 1. The highest BCUT2D eigenvalue weighted by Crippen LogP contribution is 2.50. The van der Waals surface area contributed by atoms with Gasteiger partial charge in [0.05, 0.1) is 25.3 Å². The zero-order valence-electron chi connectivity index (χ0n) is 15.7. The maximum atomic E-state index is 12.3. The Kier molecular flexibility index (Phi) is 4.53. The van der Waals surface area contributed by atoms with Crippen LogP contribution < -0.4 is 14.3 Å². The van der Waals surface area contributed by atoms with Crippen LogP contribution in [0.25, 0.3) is 0 Å². The fourth-order valence-electron chi connectivity index (χ4n) is 4.19. The number of methoxy groups -OCH3 is 1. The fourth-order valence-corrected chi connectivity index (χ4v) is 4.67. The van der Waals surface area contributed by atoms with Crippen molar-refractivity contribution in [3.63, 3.8) is 0 Å². The molecule has 1 aromatic heterocycles. The van der Waals surface area contributed by atoms with E-state index in [1.807, 2.05) is 18.2 Å². The highest BCUT2D eigenvalue weighted by Gasteiger charge is 2.46. The van der Waals surface area contributed by atoms with Crippen LogP contribution >= 0.6 is 0 Å². The molecule has 2 heterocycles. The SMILES string of the molecule is COc1ccc2c(c1)C1(Cc3occc(=O)c3OS(C)(=O)=O)CCCCC1=N2. The monoisotopic (exact) mass is 403 g/mol. The summed E-state index contributed by atoms with van der Waals surface area (Å²) in [5.41, 5.74) is 1.93. The van der Waals surface area contributed by atoms with Gasteiger partial charge >= 0.3 is 10.1 Å². The molecule has 0 saturated heterocycles. The maximum Gasteiger partial charge on any atom is 0.306 e. The van der Waals surface area contributed by atoms with Crippen LogP contribution in [0.5, 0.6) is 11.5 Å². The van der Waals surface area contributed by atoms with E-state index >= 15 is 0 Å². The minimum Gasteiger partial charge on any atom is -0.497 e. The average molecular weight is 403 g/mol. The van der Waals surface area contributed by atoms with Gasteiger partial charge in [-0.3, -0.25) is 9.79 Å². The van der Waals surface area contributed by atoms with Crippen molar-refractivity contribution in [2.24, 2.45) is 4.99 Å². The number of ether oxygens (including phenoxy) is 1. The van der Waals surface area contributed by atoms with E-state index in [-0.39, 0.29) is 11.5 Å². The van der Waals surface area contributed by atoms with Gasteiger partial charge in [-0.25, -0.2) is 0 Å². The highest BCUT2D eigenvalue weighted by atomic mass is 32.2. The lowest BCUT2D eigenvalue weighted by atomic mass is 9.66. The normalized spacial score (nSPS) is 20.9. The predicted octanol–water partition coefficient (Wildman–Crippen LogP) is 3.13. The summed E-state index contributed by atoms with van der Waals surface area (Å²) >= 11 is 0. The van der Waals surface area contributed by atoms with Crippen molar-refractivity contribution >= 4 is 21.5 Å². The van der Waals surface area contributed by atoms with Gasteiger partial charge in [0.2, 0.25) is 11.2 Å². The van der Waals surface area contributed by atoms with Crippen LogP contribution in [-0.4, -0.2) is 27.5 Å². The molecule has 8 heteroatoms. The topological polar surface area (TPSA) is 95.2 Å². The maximum absolute atomic E-state index is 12.3. The second kappa shape index (κ2) is 6.77. The lowest BCUT2D eigenvalue weighted by molar-refractivity contribution is 0.377. The molecule has 1 fully saturated rings. The van der Waals surface area contributed by atoms with Gasteiger partial charge in [-0.05, 0) is 43.0 Å². The molecule has 28 heavy (non-hydrogen) atoms. The molecule has 0 spiro atoms. The molecule has 1 unspecified atom stereocenters. The summed E-state index contributed by atoms with van der Waals surface area (Å²) in [6, 6.07) is 6.92. The molecule has 2 aliphatic rings. The third-order valence-electron chi connectivity index (χ3n) is 5.40. The number of fused-ring (bicyclic) bond motifs is 3. The average Bonchev–Trinajstić information content (AvgIpc) is 2.97. The van der Waals surface area contributed by atoms with E-state index in [9.17, 15) is 13.2 Å². The van der Waals surface area contributed by atoms with E-state index in [0.29, 0.717) is 6.42 Å². The van der Waals surface area contributed by atoms with Gasteiger partial charge in [0.25, 0.3) is 0 Å². The molecule has 1 aliphatic carbocycles. The van der Waals surface area contributed by atoms with Crippen LogP contribution in [0.3, 0.4) is 0 Å². The summed E-state index contributed by atoms with van der Waals surface area (Å²) in [5.74, 6) is 0.658. The van der Waals surface area contributed by atoms with Crippen molar-refractivity contribution in [1.29, 1.82) is 0 Å². The highest BCUT2D eigenvalue weighted by molar-refractivity contribution is 7.86. The van der Waals surface area contributed by atoms with E-state index in [2.05, 4.69) is 0 Å². The lowest BCUT2D eigenvalue weighted by Gasteiger charge is -2.35. The first-order valence-electron chi connectivity index (χ1n) is 9.09. The minimum absolute atomic E-state index is 0.211. The molecule has 0 radical (unpaired) electrons. The second-order valence-electron chi connectivity index (χ2n) is 7.23. The Balaban J connectivity index is 1.84. The quantitative estimate of drug-likeness (QED) is 0.712. The Labute approximate surface area is 163 Å². The van der Waals surface area contributed by atoms with Crippen LogP contribution in [-0.2, 0) is 22.0 Å². The molecule has 2 aromatic rings. The molecule has 1 aromatic carbocycles. The number of hydrogen-bond donors (Lipinski definition) is 0. The number of rotatable bonds is 5. The van der Waals surface area contributed by atoms with Crippen molar-refractivity contribution in [1.82, 2.24) is 0 Å². The van der Waals surface area contributed by atoms with Gasteiger partial charge < -0.3 is 13.3 Å². The largest absolute Gasteiger partial charge is 0.497 e. The van der Waals surface area contributed by atoms with Gasteiger partial charge in [-0.15, -0.1) is 0 Å². The second-order valence-corrected chi connectivity index (χ2v) is 8.81. The summed E-state index contributed by atoms with van der Waals surface area (Å²) in [6.45, 7) is 0. The Hall–Kier alpha value is -2.61. The molecular weight excluding hydrogens is 382 g/mol. The summed E-state index contributed by atoms with van der Waals surface area (Å²) in [6.07, 6.45) is 6.17. The third-order valence-corrected chi connectivity index (χ3v) is 5.87. The molecule has 0 amide bonds. The lowest BCUT2D eigenvalue weighted by Crippen LogP contribution is -2.38. The summed E-state index contributed by atoms with van der Waals surface area (Å²) in [4.78, 5) is 17.1. The van der Waals surface area contributed by atoms with Crippen LogP contribution in [0, 0.1) is 0 Å². The first-order chi connectivity index (χ1) is 13.3. The zero-order valence-corrected chi connectivity index (χ0v) is 16.5. The smallest absolute Gasteiger partial charge is 0.306 e. The summed E-state index contributed by atoms with van der Waals surface area (Å²) < 4.78 is 39.3. The number of aliphatic imine (C=N–C) groups is 1. The third kappa shape index (κ3) is 3.22. The van der Waals surface area contributed by atoms with Crippen molar-refractivity contribution in [3.8, 4) is 11.5 Å². The van der Waals surface area contributed by atoms with E-state index in [1.165, 1.54) is 6.26 Å². The molecule has 1 atom stereocenters. The van der Waals surface area contributed by atoms with Crippen molar-refractivity contribution in [2.45, 2.75) is 37.5 Å². The Morgan fingerprint density at radius 1 is 1.25 bits per heavy atom. The Morgan fingerprint density at radius 2 is 2.07 bits per heavy atom. The van der Waals surface area contributed by atoms with Crippen LogP contribution in [0.15, 0.2) is 44.7 Å². The molecule has 1 saturated carbocycles. The number of hydrogen-bond acceptors (Lipinski definition) is 7. The fraction of sp³-hybridized carbons (Fsp3) is 0.400. The van der Waals surface area contributed by atoms with Gasteiger partial charge in [0.15, 0.2) is 5.76 Å². The first-order valence-corrected chi connectivity index (χ1v) is 10.9. The molecule has 0 N–H and O–H groups in total. The molecule has 148 valence electrons. The van der Waals surface area contributed by atoms with Gasteiger partial charge in [0.1, 0.15) is 5.75 Å². The van der Waals surface area contributed by atoms with Crippen LogP contribution in [0.2, 0.25) is 0 Å². The van der Waals surface area contributed by atoms with Crippen molar-refractivity contribution < 1.29 is 21.8 Å². The summed E-state index contributed by atoms with van der Waals surface area (Å²) in [5, 5.41) is 0. The Morgan fingerprint density at radius 3 is 2.82 bits per heavy atom. The predicted molar refractivity (Wildman–Crippen MR) is 104 cm³/mol. The van der Waals surface area contributed by atoms with Gasteiger partial charge in [-0.1, -0.05) is 6.42 Å². The van der Waals surface area contributed by atoms with E-state index in [0.717, 1.165) is 60.7 Å². The zero-order chi connectivity index (χ0) is 19.9. The van der Waals surface area contributed by atoms with Crippen molar-refractivity contribution in [2.75, 3.05) is 13.4 Å². The minimum atomic E-state index is -3.87. The van der Waals surface area contributed by atoms with Crippen LogP contribution in [0.4, 0.5) is 5.69 Å². The van der Waals surface area contributed by atoms with E-state index in [1.54, 1.807) is 7.11 Å². The molecule has 7 nitrogen and oxygen atoms in total. The number of benzene rings is 1. The molecule has 4 rings (SSSR count). The molecule has 0 bridgehead atoms. The van der Waals surface area contributed by atoms with Gasteiger partial charge in [0, 0.05) is 23.6 Å². The summed E-state index contributed by atoms with van der Waals surface area (Å²) in [7, 11) is -2.26.